The Labute approximate surface area is 238 Å². The lowest BCUT2D eigenvalue weighted by Gasteiger charge is -2.22. The van der Waals surface area contributed by atoms with Gasteiger partial charge in [0.25, 0.3) is 5.91 Å². The van der Waals surface area contributed by atoms with Crippen molar-refractivity contribution in [3.63, 3.8) is 0 Å². The van der Waals surface area contributed by atoms with Crippen molar-refractivity contribution >= 4 is 54.2 Å². The molecule has 1 amide bonds. The topological polar surface area (TPSA) is 93.0 Å². The number of nitrogens with zero attached hydrogens (tertiary/aromatic N) is 3. The molecule has 11 heteroatoms. The van der Waals surface area contributed by atoms with E-state index in [-0.39, 0.29) is 17.3 Å². The highest BCUT2D eigenvalue weighted by atomic mass is 35.5. The Morgan fingerprint density at radius 3 is 2.33 bits per heavy atom. The molecule has 2 aromatic carbocycles. The summed E-state index contributed by atoms with van der Waals surface area (Å²) in [5, 5.41) is 0.921. The van der Waals surface area contributed by atoms with E-state index < -0.39 is 10.0 Å². The van der Waals surface area contributed by atoms with Gasteiger partial charge in [0.05, 0.1) is 34.5 Å². The summed E-state index contributed by atoms with van der Waals surface area (Å²) in [7, 11) is -2.13. The van der Waals surface area contributed by atoms with E-state index >= 15 is 0 Å². The summed E-state index contributed by atoms with van der Waals surface area (Å²) in [4.78, 5) is 20.1. The summed E-state index contributed by atoms with van der Waals surface area (Å²) in [6, 6.07) is 13.1. The number of anilines is 1. The maximum absolute atomic E-state index is 13.8. The number of hydrogen-bond acceptors (Lipinski definition) is 7. The standard InChI is InChI=1S/C28H32ClN3O5S2/c1-4-6-16-31(17-7-5-2)39(34,35)22-12-10-20(11-13-22)27(33)32(19-21-9-8-18-37-21)28-30-25-24(36-3)15-14-23(29)26(25)38-28/h8-15,18H,4-7,16-17,19H2,1-3H3. The number of ether oxygens (including phenoxy) is 1. The van der Waals surface area contributed by atoms with Crippen LogP contribution in [0, 0.1) is 0 Å². The van der Waals surface area contributed by atoms with E-state index in [4.69, 9.17) is 20.8 Å². The van der Waals surface area contributed by atoms with E-state index in [0.717, 1.165) is 25.7 Å². The lowest BCUT2D eigenvalue weighted by atomic mass is 10.2. The molecule has 0 aliphatic carbocycles. The maximum Gasteiger partial charge on any atom is 0.260 e. The third-order valence-electron chi connectivity index (χ3n) is 6.30. The van der Waals surface area contributed by atoms with E-state index in [0.29, 0.717) is 50.5 Å². The zero-order valence-corrected chi connectivity index (χ0v) is 24.6. The number of thiazole rings is 1. The number of sulfonamides is 1. The van der Waals surface area contributed by atoms with Crippen LogP contribution in [0.2, 0.25) is 5.02 Å². The average Bonchev–Trinajstić information content (AvgIpc) is 3.62. The van der Waals surface area contributed by atoms with Gasteiger partial charge in [0.1, 0.15) is 17.0 Å². The van der Waals surface area contributed by atoms with Gasteiger partial charge in [0.15, 0.2) is 5.13 Å². The number of halogens is 1. The van der Waals surface area contributed by atoms with Crippen molar-refractivity contribution in [2.45, 2.75) is 51.0 Å². The SMILES string of the molecule is CCCCN(CCCC)S(=O)(=O)c1ccc(C(=O)N(Cc2ccco2)c2nc3c(OC)ccc(Cl)c3s2)cc1. The molecule has 208 valence electrons. The van der Waals surface area contributed by atoms with Gasteiger partial charge in [-0.2, -0.15) is 4.31 Å². The molecular formula is C28H32ClN3O5S2. The molecule has 39 heavy (non-hydrogen) atoms. The van der Waals surface area contributed by atoms with E-state index in [1.165, 1.54) is 32.7 Å². The molecule has 2 aromatic heterocycles. The first-order valence-corrected chi connectivity index (χ1v) is 15.5. The average molecular weight is 590 g/mol. The van der Waals surface area contributed by atoms with E-state index in [2.05, 4.69) is 4.98 Å². The Balaban J connectivity index is 1.67. The molecule has 4 rings (SSSR count). The molecule has 0 unspecified atom stereocenters. The highest BCUT2D eigenvalue weighted by Gasteiger charge is 2.27. The first-order valence-electron chi connectivity index (χ1n) is 12.9. The Morgan fingerprint density at radius 2 is 1.74 bits per heavy atom. The van der Waals surface area contributed by atoms with Crippen LogP contribution in [-0.4, -0.2) is 43.8 Å². The second-order valence-electron chi connectivity index (χ2n) is 9.03. The van der Waals surface area contributed by atoms with Gasteiger partial charge in [0.2, 0.25) is 10.0 Å². The van der Waals surface area contributed by atoms with Gasteiger partial charge in [0, 0.05) is 18.7 Å². The number of aromatic nitrogens is 1. The molecule has 4 aromatic rings. The molecule has 0 aliphatic heterocycles. The molecule has 0 N–H and O–H groups in total. The summed E-state index contributed by atoms with van der Waals surface area (Å²) in [5.41, 5.74) is 0.884. The van der Waals surface area contributed by atoms with Crippen molar-refractivity contribution in [3.8, 4) is 5.75 Å². The number of hydrogen-bond donors (Lipinski definition) is 0. The number of amides is 1. The number of fused-ring (bicyclic) bond motifs is 1. The third kappa shape index (κ3) is 6.46. The van der Waals surface area contributed by atoms with Crippen molar-refractivity contribution in [1.29, 1.82) is 0 Å². The van der Waals surface area contributed by atoms with Crippen LogP contribution in [0.3, 0.4) is 0 Å². The van der Waals surface area contributed by atoms with Gasteiger partial charge in [-0.25, -0.2) is 13.4 Å². The Bertz CT molecular complexity index is 1490. The zero-order chi connectivity index (χ0) is 28.0. The fourth-order valence-corrected chi connectivity index (χ4v) is 6.87. The Kier molecular flexibility index (Phi) is 9.66. The molecule has 0 saturated heterocycles. The van der Waals surface area contributed by atoms with Gasteiger partial charge in [-0.3, -0.25) is 9.69 Å². The molecule has 8 nitrogen and oxygen atoms in total. The monoisotopic (exact) mass is 589 g/mol. The fraction of sp³-hybridized carbons (Fsp3) is 0.357. The maximum atomic E-state index is 13.8. The van der Waals surface area contributed by atoms with Crippen LogP contribution in [-0.2, 0) is 16.6 Å². The van der Waals surface area contributed by atoms with Crippen molar-refractivity contribution in [1.82, 2.24) is 9.29 Å². The highest BCUT2D eigenvalue weighted by Crippen LogP contribution is 2.39. The normalized spacial score (nSPS) is 11.8. The van der Waals surface area contributed by atoms with E-state index in [1.807, 2.05) is 13.8 Å². The van der Waals surface area contributed by atoms with Crippen LogP contribution in [0.25, 0.3) is 10.2 Å². The molecule has 0 aliphatic rings. The van der Waals surface area contributed by atoms with Crippen molar-refractivity contribution in [3.05, 3.63) is 71.1 Å². The van der Waals surface area contributed by atoms with Crippen LogP contribution >= 0.6 is 22.9 Å². The molecule has 0 radical (unpaired) electrons. The number of carbonyl (C=O) groups is 1. The van der Waals surface area contributed by atoms with Crippen molar-refractivity contribution in [2.75, 3.05) is 25.1 Å². The quantitative estimate of drug-likeness (QED) is 0.167. The minimum atomic E-state index is -3.68. The van der Waals surface area contributed by atoms with Gasteiger partial charge < -0.3 is 9.15 Å². The predicted molar refractivity (Wildman–Crippen MR) is 155 cm³/mol. The summed E-state index contributed by atoms with van der Waals surface area (Å²) >= 11 is 7.69. The summed E-state index contributed by atoms with van der Waals surface area (Å²) in [6.07, 6.45) is 4.93. The van der Waals surface area contributed by atoms with Gasteiger partial charge in [-0.15, -0.1) is 0 Å². The van der Waals surface area contributed by atoms with Gasteiger partial charge >= 0.3 is 0 Å². The number of furan rings is 1. The Morgan fingerprint density at radius 1 is 1.05 bits per heavy atom. The van der Waals surface area contributed by atoms with Gasteiger partial charge in [-0.05, 0) is 61.4 Å². The van der Waals surface area contributed by atoms with Crippen LogP contribution in [0.1, 0.15) is 55.6 Å². The smallest absolute Gasteiger partial charge is 0.260 e. The number of methoxy groups -OCH3 is 1. The molecule has 0 spiro atoms. The first-order chi connectivity index (χ1) is 18.8. The molecule has 0 bridgehead atoms. The van der Waals surface area contributed by atoms with E-state index in [9.17, 15) is 13.2 Å². The lowest BCUT2D eigenvalue weighted by molar-refractivity contribution is 0.0983. The molecule has 0 fully saturated rings. The number of benzene rings is 2. The number of rotatable bonds is 13. The molecular weight excluding hydrogens is 558 g/mol. The highest BCUT2D eigenvalue weighted by molar-refractivity contribution is 7.89. The molecule has 2 heterocycles. The van der Waals surface area contributed by atoms with E-state index in [1.54, 1.807) is 49.8 Å². The molecule has 0 atom stereocenters. The third-order valence-corrected chi connectivity index (χ3v) is 9.75. The van der Waals surface area contributed by atoms with Crippen LogP contribution in [0.4, 0.5) is 5.13 Å². The summed E-state index contributed by atoms with van der Waals surface area (Å²) in [5.74, 6) is 0.772. The van der Waals surface area contributed by atoms with Crippen molar-refractivity contribution in [2.24, 2.45) is 0 Å². The molecule has 0 saturated carbocycles. The predicted octanol–water partition coefficient (Wildman–Crippen LogP) is 6.99. The van der Waals surface area contributed by atoms with Gasteiger partial charge in [-0.1, -0.05) is 49.6 Å². The summed E-state index contributed by atoms with van der Waals surface area (Å²) in [6.45, 7) is 5.15. The number of unbranched alkanes of at least 4 members (excludes halogenated alkanes) is 2. The zero-order valence-electron chi connectivity index (χ0n) is 22.2. The Hall–Kier alpha value is -2.92. The fourth-order valence-electron chi connectivity index (χ4n) is 4.10. The lowest BCUT2D eigenvalue weighted by Crippen LogP contribution is -2.33. The largest absolute Gasteiger partial charge is 0.494 e. The van der Waals surface area contributed by atoms with Crippen molar-refractivity contribution < 1.29 is 22.4 Å². The van der Waals surface area contributed by atoms with Crippen LogP contribution in [0.5, 0.6) is 5.75 Å². The second-order valence-corrected chi connectivity index (χ2v) is 12.4. The minimum absolute atomic E-state index is 0.132. The van der Waals surface area contributed by atoms with Crippen LogP contribution < -0.4 is 9.64 Å². The second kappa shape index (κ2) is 13.0. The number of carbonyl (C=O) groups excluding carboxylic acids is 1. The first kappa shape index (κ1) is 29.1. The summed E-state index contributed by atoms with van der Waals surface area (Å²) < 4.78 is 39.9. The minimum Gasteiger partial charge on any atom is -0.494 e. The van der Waals surface area contributed by atoms with Crippen LogP contribution in [0.15, 0.2) is 64.1 Å².